The quantitative estimate of drug-likeness (QED) is 0.825. The molecule has 0 spiro atoms. The highest BCUT2D eigenvalue weighted by Crippen LogP contribution is 2.25. The summed E-state index contributed by atoms with van der Waals surface area (Å²) >= 11 is 4.54. The van der Waals surface area contributed by atoms with Crippen molar-refractivity contribution >= 4 is 43.4 Å². The molecule has 2 aromatic heterocycles. The van der Waals surface area contributed by atoms with E-state index < -0.39 is 5.91 Å². The number of hydrogen-bond acceptors (Lipinski definition) is 3. The Balaban J connectivity index is 2.88. The number of nitrogens with two attached hydrogens (primary N) is 1. The van der Waals surface area contributed by atoms with Crippen LogP contribution in [0.15, 0.2) is 20.8 Å². The number of aromatic nitrogens is 1. The number of carbonyl (C=O) groups excluding carboxylic acids is 1. The highest BCUT2D eigenvalue weighted by Gasteiger charge is 2.11. The van der Waals surface area contributed by atoms with Crippen molar-refractivity contribution in [3.05, 3.63) is 31.8 Å². The Morgan fingerprint density at radius 3 is 2.93 bits per heavy atom. The lowest BCUT2D eigenvalue weighted by atomic mass is 10.2. The van der Waals surface area contributed by atoms with Crippen molar-refractivity contribution < 1.29 is 4.79 Å². The maximum absolute atomic E-state index is 11.7. The van der Waals surface area contributed by atoms with E-state index in [9.17, 15) is 9.59 Å². The monoisotopic (exact) mass is 272 g/mol. The summed E-state index contributed by atoms with van der Waals surface area (Å²) in [4.78, 5) is 25.4. The predicted octanol–water partition coefficient (Wildman–Crippen LogP) is 1.45. The maximum Gasteiger partial charge on any atom is 0.254 e. The maximum atomic E-state index is 11.7. The Hall–Kier alpha value is -1.14. The molecule has 1 amide bonds. The largest absolute Gasteiger partial charge is 0.365 e. The van der Waals surface area contributed by atoms with Crippen LogP contribution in [0.5, 0.6) is 0 Å². The zero-order valence-electron chi connectivity index (χ0n) is 6.83. The molecular weight excluding hydrogens is 268 g/mol. The Bertz CT molecular complexity index is 572. The number of H-pyrrole nitrogens is 1. The van der Waals surface area contributed by atoms with Gasteiger partial charge in [-0.05, 0) is 22.0 Å². The molecule has 3 N–H and O–H groups in total. The van der Waals surface area contributed by atoms with Crippen LogP contribution in [0.25, 0.3) is 10.2 Å². The minimum Gasteiger partial charge on any atom is -0.365 e. The average Bonchev–Trinajstić information content (AvgIpc) is 2.46. The first-order valence-electron chi connectivity index (χ1n) is 3.70. The first kappa shape index (κ1) is 9.42. The van der Waals surface area contributed by atoms with Crippen LogP contribution >= 0.6 is 27.3 Å². The first-order chi connectivity index (χ1) is 6.59. The molecule has 2 aromatic rings. The Morgan fingerprint density at radius 1 is 1.57 bits per heavy atom. The highest BCUT2D eigenvalue weighted by atomic mass is 79.9. The number of primary amides is 1. The average molecular weight is 273 g/mol. The molecule has 14 heavy (non-hydrogen) atoms. The Morgan fingerprint density at radius 2 is 2.29 bits per heavy atom. The van der Waals surface area contributed by atoms with Gasteiger partial charge in [0.05, 0.1) is 14.0 Å². The van der Waals surface area contributed by atoms with Gasteiger partial charge in [-0.25, -0.2) is 0 Å². The fourth-order valence-electron chi connectivity index (χ4n) is 1.16. The summed E-state index contributed by atoms with van der Waals surface area (Å²) in [5.41, 5.74) is 5.43. The zero-order valence-corrected chi connectivity index (χ0v) is 9.24. The molecule has 0 radical (unpaired) electrons. The summed E-state index contributed by atoms with van der Waals surface area (Å²) < 4.78 is 1.34. The van der Waals surface area contributed by atoms with Gasteiger partial charge in [0, 0.05) is 6.20 Å². The molecule has 2 rings (SSSR count). The standard InChI is InChI=1S/C8H5BrN2O2S/c9-5-1-4-7(14-5)6(12)3(2-11-4)8(10)13/h1-2H,(H2,10,13)(H,11,12). The molecule has 0 aliphatic rings. The lowest BCUT2D eigenvalue weighted by Gasteiger charge is -1.93. The predicted molar refractivity (Wildman–Crippen MR) is 58.7 cm³/mol. The topological polar surface area (TPSA) is 76.0 Å². The van der Waals surface area contributed by atoms with E-state index in [0.717, 1.165) is 3.79 Å². The highest BCUT2D eigenvalue weighted by molar-refractivity contribution is 9.11. The summed E-state index contributed by atoms with van der Waals surface area (Å²) in [5, 5.41) is 0. The lowest BCUT2D eigenvalue weighted by Crippen LogP contribution is -2.21. The molecule has 0 aliphatic carbocycles. The van der Waals surface area contributed by atoms with Crippen LogP contribution in [0, 0.1) is 0 Å². The van der Waals surface area contributed by atoms with Crippen molar-refractivity contribution in [3.63, 3.8) is 0 Å². The van der Waals surface area contributed by atoms with E-state index in [1.165, 1.54) is 17.5 Å². The Labute approximate surface area is 90.9 Å². The molecule has 4 nitrogen and oxygen atoms in total. The SMILES string of the molecule is NC(=O)c1c[nH]c2cc(Br)sc2c1=O. The number of fused-ring (bicyclic) bond motifs is 1. The van der Waals surface area contributed by atoms with Gasteiger partial charge >= 0.3 is 0 Å². The molecule has 2 heterocycles. The number of thiophene rings is 1. The van der Waals surface area contributed by atoms with E-state index in [1.54, 1.807) is 6.07 Å². The normalized spacial score (nSPS) is 10.6. The second kappa shape index (κ2) is 3.21. The molecule has 0 bridgehead atoms. The van der Waals surface area contributed by atoms with Crippen molar-refractivity contribution in [1.29, 1.82) is 0 Å². The van der Waals surface area contributed by atoms with Gasteiger partial charge in [0.25, 0.3) is 5.91 Å². The molecule has 0 fully saturated rings. The number of pyridine rings is 1. The van der Waals surface area contributed by atoms with Gasteiger partial charge in [-0.15, -0.1) is 11.3 Å². The van der Waals surface area contributed by atoms with Crippen LogP contribution in [-0.4, -0.2) is 10.9 Å². The molecule has 0 unspecified atom stereocenters. The fourth-order valence-corrected chi connectivity index (χ4v) is 2.67. The smallest absolute Gasteiger partial charge is 0.254 e. The summed E-state index contributed by atoms with van der Waals surface area (Å²) in [6, 6.07) is 1.78. The van der Waals surface area contributed by atoms with E-state index in [4.69, 9.17) is 5.73 Å². The molecule has 0 aromatic carbocycles. The zero-order chi connectivity index (χ0) is 10.3. The van der Waals surface area contributed by atoms with Crippen molar-refractivity contribution in [1.82, 2.24) is 4.98 Å². The van der Waals surface area contributed by atoms with E-state index in [-0.39, 0.29) is 11.0 Å². The van der Waals surface area contributed by atoms with E-state index in [1.807, 2.05) is 0 Å². The van der Waals surface area contributed by atoms with Crippen LogP contribution in [0.4, 0.5) is 0 Å². The van der Waals surface area contributed by atoms with Crippen molar-refractivity contribution in [2.24, 2.45) is 5.73 Å². The van der Waals surface area contributed by atoms with Gasteiger partial charge in [0.1, 0.15) is 5.56 Å². The van der Waals surface area contributed by atoms with E-state index in [2.05, 4.69) is 20.9 Å². The number of rotatable bonds is 1. The summed E-state index contributed by atoms with van der Waals surface area (Å²) in [6.45, 7) is 0. The third-order valence-electron chi connectivity index (χ3n) is 1.79. The first-order valence-corrected chi connectivity index (χ1v) is 5.31. The van der Waals surface area contributed by atoms with Gasteiger partial charge in [-0.3, -0.25) is 9.59 Å². The van der Waals surface area contributed by atoms with Crippen LogP contribution in [0.3, 0.4) is 0 Å². The number of carbonyl (C=O) groups is 1. The summed E-state index contributed by atoms with van der Waals surface area (Å²) in [6.07, 6.45) is 1.34. The third kappa shape index (κ3) is 1.36. The minimum absolute atomic E-state index is 0.00755. The van der Waals surface area contributed by atoms with Crippen molar-refractivity contribution in [2.45, 2.75) is 0 Å². The van der Waals surface area contributed by atoms with Crippen molar-refractivity contribution in [3.8, 4) is 0 Å². The van der Waals surface area contributed by atoms with E-state index in [0.29, 0.717) is 10.2 Å². The molecular formula is C8H5BrN2O2S. The number of halogens is 1. The number of hydrogen-bond donors (Lipinski definition) is 2. The summed E-state index contributed by atoms with van der Waals surface area (Å²) in [5.74, 6) is -0.710. The molecule has 6 heteroatoms. The molecule has 0 aliphatic heterocycles. The second-order valence-corrected chi connectivity index (χ2v) is 5.12. The van der Waals surface area contributed by atoms with Crippen molar-refractivity contribution in [2.75, 3.05) is 0 Å². The molecule has 0 saturated heterocycles. The van der Waals surface area contributed by atoms with Gasteiger partial charge in [0.2, 0.25) is 5.43 Å². The minimum atomic E-state index is -0.710. The molecule has 72 valence electrons. The van der Waals surface area contributed by atoms with Crippen LogP contribution in [0.1, 0.15) is 10.4 Å². The number of nitrogens with one attached hydrogen (secondary N) is 1. The van der Waals surface area contributed by atoms with E-state index >= 15 is 0 Å². The molecule has 0 saturated carbocycles. The second-order valence-electron chi connectivity index (χ2n) is 2.69. The third-order valence-corrected chi connectivity index (χ3v) is 3.43. The lowest BCUT2D eigenvalue weighted by molar-refractivity contribution is 0.0999. The van der Waals surface area contributed by atoms with Gasteiger partial charge in [0.15, 0.2) is 0 Å². The van der Waals surface area contributed by atoms with Gasteiger partial charge in [-0.2, -0.15) is 0 Å². The van der Waals surface area contributed by atoms with Crippen LogP contribution in [-0.2, 0) is 0 Å². The number of amides is 1. The van der Waals surface area contributed by atoms with Crippen LogP contribution in [0.2, 0.25) is 0 Å². The van der Waals surface area contributed by atoms with Crippen LogP contribution < -0.4 is 11.2 Å². The Kier molecular flexibility index (Phi) is 2.16. The van der Waals surface area contributed by atoms with Gasteiger partial charge < -0.3 is 10.7 Å². The van der Waals surface area contributed by atoms with Gasteiger partial charge in [-0.1, -0.05) is 0 Å². The fraction of sp³-hybridized carbons (Fsp3) is 0. The summed E-state index contributed by atoms with van der Waals surface area (Å²) in [7, 11) is 0. The number of aromatic amines is 1. The molecule has 0 atom stereocenters.